The van der Waals surface area contributed by atoms with Crippen LogP contribution in [0.1, 0.15) is 12.8 Å². The van der Waals surface area contributed by atoms with Crippen LogP contribution in [0.15, 0.2) is 0 Å². The highest BCUT2D eigenvalue weighted by atomic mass is 16.5. The lowest BCUT2D eigenvalue weighted by Gasteiger charge is -2.35. The van der Waals surface area contributed by atoms with Crippen LogP contribution in [0.3, 0.4) is 0 Å². The number of hydrogen-bond donors (Lipinski definition) is 3. The van der Waals surface area contributed by atoms with Crippen molar-refractivity contribution in [2.75, 3.05) is 26.4 Å². The third kappa shape index (κ3) is 2.08. The normalized spacial score (nSPS) is 42.4. The smallest absolute Gasteiger partial charge is 0.0696 e. The van der Waals surface area contributed by atoms with Crippen molar-refractivity contribution in [2.24, 2.45) is 11.8 Å². The standard InChI is InChI=1S/C10H19NO3/c12-2-1-11-9-3-7-5-14-6-8(7)4-10(9)13/h7-13H,1-6H2. The third-order valence-electron chi connectivity index (χ3n) is 3.41. The van der Waals surface area contributed by atoms with Crippen LogP contribution in [-0.4, -0.2) is 48.7 Å². The van der Waals surface area contributed by atoms with Gasteiger partial charge >= 0.3 is 0 Å². The predicted octanol–water partition coefficient (Wildman–Crippen LogP) is -0.646. The van der Waals surface area contributed by atoms with Gasteiger partial charge in [-0.2, -0.15) is 0 Å². The summed E-state index contributed by atoms with van der Waals surface area (Å²) >= 11 is 0. The molecule has 0 radical (unpaired) electrons. The lowest BCUT2D eigenvalue weighted by Crippen LogP contribution is -2.48. The van der Waals surface area contributed by atoms with Crippen molar-refractivity contribution in [3.63, 3.8) is 0 Å². The molecule has 2 aliphatic rings. The number of rotatable bonds is 3. The van der Waals surface area contributed by atoms with Crippen molar-refractivity contribution in [1.82, 2.24) is 5.32 Å². The topological polar surface area (TPSA) is 61.7 Å². The second-order valence-corrected chi connectivity index (χ2v) is 4.38. The van der Waals surface area contributed by atoms with E-state index in [4.69, 9.17) is 9.84 Å². The molecular formula is C10H19NO3. The van der Waals surface area contributed by atoms with Crippen molar-refractivity contribution in [2.45, 2.75) is 25.0 Å². The molecule has 1 heterocycles. The van der Waals surface area contributed by atoms with Crippen molar-refractivity contribution in [3.8, 4) is 0 Å². The van der Waals surface area contributed by atoms with E-state index in [9.17, 15) is 5.11 Å². The van der Waals surface area contributed by atoms with Gasteiger partial charge in [0.2, 0.25) is 0 Å². The van der Waals surface area contributed by atoms with Gasteiger partial charge in [-0.3, -0.25) is 0 Å². The summed E-state index contributed by atoms with van der Waals surface area (Å²) in [6, 6.07) is 0.144. The Morgan fingerprint density at radius 2 is 1.93 bits per heavy atom. The van der Waals surface area contributed by atoms with Gasteiger partial charge in [0, 0.05) is 25.8 Å². The Labute approximate surface area is 84.3 Å². The van der Waals surface area contributed by atoms with Crippen LogP contribution in [0.4, 0.5) is 0 Å². The molecule has 0 aromatic rings. The fourth-order valence-corrected chi connectivity index (χ4v) is 2.59. The quantitative estimate of drug-likeness (QED) is 0.568. The summed E-state index contributed by atoms with van der Waals surface area (Å²) in [6.07, 6.45) is 1.55. The number of aliphatic hydroxyl groups excluding tert-OH is 2. The van der Waals surface area contributed by atoms with Crippen molar-refractivity contribution >= 4 is 0 Å². The van der Waals surface area contributed by atoms with E-state index in [1.165, 1.54) is 0 Å². The van der Waals surface area contributed by atoms with Crippen LogP contribution in [-0.2, 0) is 4.74 Å². The Hall–Kier alpha value is -0.160. The van der Waals surface area contributed by atoms with Gasteiger partial charge in [0.15, 0.2) is 0 Å². The maximum absolute atomic E-state index is 9.84. The van der Waals surface area contributed by atoms with E-state index in [0.29, 0.717) is 18.4 Å². The lowest BCUT2D eigenvalue weighted by atomic mass is 9.77. The molecule has 1 aliphatic carbocycles. The third-order valence-corrected chi connectivity index (χ3v) is 3.41. The first kappa shape index (κ1) is 10.4. The Kier molecular flexibility index (Phi) is 3.38. The summed E-state index contributed by atoms with van der Waals surface area (Å²) in [6.45, 7) is 2.36. The Bertz CT molecular complexity index is 188. The highest BCUT2D eigenvalue weighted by molar-refractivity contribution is 4.91. The summed E-state index contributed by atoms with van der Waals surface area (Å²) in [5.41, 5.74) is 0. The molecule has 0 aromatic carbocycles. The Morgan fingerprint density at radius 3 is 2.64 bits per heavy atom. The summed E-state index contributed by atoms with van der Waals surface area (Å²) in [7, 11) is 0. The molecule has 82 valence electrons. The number of hydrogen-bond acceptors (Lipinski definition) is 4. The molecule has 2 fully saturated rings. The summed E-state index contributed by atoms with van der Waals surface area (Å²) in [5.74, 6) is 1.16. The molecule has 0 bridgehead atoms. The second kappa shape index (κ2) is 4.57. The van der Waals surface area contributed by atoms with Crippen LogP contribution < -0.4 is 5.32 Å². The molecule has 1 saturated heterocycles. The SMILES string of the molecule is OCCNC1CC2COCC2CC1O. The highest BCUT2D eigenvalue weighted by Gasteiger charge is 2.39. The van der Waals surface area contributed by atoms with E-state index in [1.54, 1.807) is 0 Å². The monoisotopic (exact) mass is 201 g/mol. The first-order valence-electron chi connectivity index (χ1n) is 5.41. The van der Waals surface area contributed by atoms with Gasteiger partial charge in [0.25, 0.3) is 0 Å². The molecular weight excluding hydrogens is 182 g/mol. The average molecular weight is 201 g/mol. The molecule has 3 N–H and O–H groups in total. The van der Waals surface area contributed by atoms with Crippen LogP contribution in [0.25, 0.3) is 0 Å². The van der Waals surface area contributed by atoms with Gasteiger partial charge in [-0.25, -0.2) is 0 Å². The molecule has 4 atom stereocenters. The van der Waals surface area contributed by atoms with Crippen LogP contribution >= 0.6 is 0 Å². The molecule has 4 heteroatoms. The molecule has 1 saturated carbocycles. The number of ether oxygens (including phenoxy) is 1. The summed E-state index contributed by atoms with van der Waals surface area (Å²) < 4.78 is 5.40. The van der Waals surface area contributed by atoms with Crippen molar-refractivity contribution < 1.29 is 14.9 Å². The van der Waals surface area contributed by atoms with Gasteiger partial charge in [0.05, 0.1) is 12.7 Å². The molecule has 4 nitrogen and oxygen atoms in total. The summed E-state index contributed by atoms with van der Waals surface area (Å²) in [5, 5.41) is 21.7. The minimum absolute atomic E-state index is 0.133. The zero-order valence-electron chi connectivity index (χ0n) is 8.35. The van der Waals surface area contributed by atoms with Gasteiger partial charge in [0.1, 0.15) is 0 Å². The first-order chi connectivity index (χ1) is 6.81. The fourth-order valence-electron chi connectivity index (χ4n) is 2.59. The maximum atomic E-state index is 9.84. The predicted molar refractivity (Wildman–Crippen MR) is 51.9 cm³/mol. The van der Waals surface area contributed by atoms with Gasteiger partial charge in [-0.05, 0) is 24.7 Å². The first-order valence-corrected chi connectivity index (χ1v) is 5.41. The molecule has 4 unspecified atom stereocenters. The van der Waals surface area contributed by atoms with Crippen LogP contribution in [0, 0.1) is 11.8 Å². The zero-order valence-corrected chi connectivity index (χ0v) is 8.35. The van der Waals surface area contributed by atoms with E-state index in [2.05, 4.69) is 5.32 Å². The molecule has 0 spiro atoms. The van der Waals surface area contributed by atoms with E-state index in [1.807, 2.05) is 0 Å². The second-order valence-electron chi connectivity index (χ2n) is 4.38. The molecule has 0 amide bonds. The van der Waals surface area contributed by atoms with Crippen molar-refractivity contribution in [3.05, 3.63) is 0 Å². The Morgan fingerprint density at radius 1 is 1.21 bits per heavy atom. The van der Waals surface area contributed by atoms with E-state index >= 15 is 0 Å². The Balaban J connectivity index is 1.86. The fraction of sp³-hybridized carbons (Fsp3) is 1.00. The van der Waals surface area contributed by atoms with Gasteiger partial charge < -0.3 is 20.3 Å². The maximum Gasteiger partial charge on any atom is 0.0696 e. The van der Waals surface area contributed by atoms with Gasteiger partial charge in [-0.1, -0.05) is 0 Å². The van der Waals surface area contributed by atoms with Crippen LogP contribution in [0.2, 0.25) is 0 Å². The number of aliphatic hydroxyl groups is 2. The zero-order chi connectivity index (χ0) is 9.97. The lowest BCUT2D eigenvalue weighted by molar-refractivity contribution is 0.0490. The minimum atomic E-state index is -0.274. The number of fused-ring (bicyclic) bond motifs is 1. The van der Waals surface area contributed by atoms with E-state index in [-0.39, 0.29) is 18.8 Å². The van der Waals surface area contributed by atoms with Crippen LogP contribution in [0.5, 0.6) is 0 Å². The largest absolute Gasteiger partial charge is 0.395 e. The highest BCUT2D eigenvalue weighted by Crippen LogP contribution is 2.34. The summed E-state index contributed by atoms with van der Waals surface area (Å²) in [4.78, 5) is 0. The average Bonchev–Trinajstić information content (AvgIpc) is 2.61. The number of nitrogens with one attached hydrogen (secondary N) is 1. The minimum Gasteiger partial charge on any atom is -0.395 e. The molecule has 2 rings (SSSR count). The van der Waals surface area contributed by atoms with E-state index in [0.717, 1.165) is 26.1 Å². The molecule has 1 aliphatic heterocycles. The van der Waals surface area contributed by atoms with Crippen molar-refractivity contribution in [1.29, 1.82) is 0 Å². The van der Waals surface area contributed by atoms with Gasteiger partial charge in [-0.15, -0.1) is 0 Å². The molecule has 14 heavy (non-hydrogen) atoms. The van der Waals surface area contributed by atoms with E-state index < -0.39 is 0 Å². The molecule has 0 aromatic heterocycles.